The summed E-state index contributed by atoms with van der Waals surface area (Å²) in [5.74, 6) is 0. The van der Waals surface area contributed by atoms with Crippen molar-refractivity contribution >= 4 is 6.03 Å². The molecule has 0 fully saturated rings. The third-order valence-corrected chi connectivity index (χ3v) is 2.03. The van der Waals surface area contributed by atoms with Crippen LogP contribution < -0.4 is 10.6 Å². The normalized spacial score (nSPS) is 12.6. The van der Waals surface area contributed by atoms with Crippen LogP contribution in [0.4, 0.5) is 4.79 Å². The first-order chi connectivity index (χ1) is 7.10. The smallest absolute Gasteiger partial charge is 0.315 e. The Morgan fingerprint density at radius 1 is 1.33 bits per heavy atom. The molecule has 0 aliphatic carbocycles. The predicted octanol–water partition coefficient (Wildman–Crippen LogP) is 1.90. The standard InChI is InChI=1S/C11H24N2O2/c1-5-6-7-10(8-15-4)13-11(14)12-9(2)3/h9-10H,5-8H2,1-4H3,(H2,12,13,14). The quantitative estimate of drug-likeness (QED) is 0.683. The van der Waals surface area contributed by atoms with Gasteiger partial charge < -0.3 is 15.4 Å². The van der Waals surface area contributed by atoms with Crippen LogP contribution in [0.15, 0.2) is 0 Å². The summed E-state index contributed by atoms with van der Waals surface area (Å²) in [6, 6.07) is 0.177. The van der Waals surface area contributed by atoms with Crippen LogP contribution >= 0.6 is 0 Å². The summed E-state index contributed by atoms with van der Waals surface area (Å²) in [5, 5.41) is 5.71. The number of ether oxygens (including phenoxy) is 1. The van der Waals surface area contributed by atoms with Crippen molar-refractivity contribution in [2.24, 2.45) is 0 Å². The van der Waals surface area contributed by atoms with Gasteiger partial charge in [-0.05, 0) is 20.3 Å². The van der Waals surface area contributed by atoms with Crippen molar-refractivity contribution in [3.8, 4) is 0 Å². The molecule has 90 valence electrons. The van der Waals surface area contributed by atoms with E-state index in [1.54, 1.807) is 7.11 Å². The maximum Gasteiger partial charge on any atom is 0.315 e. The lowest BCUT2D eigenvalue weighted by Gasteiger charge is -2.19. The van der Waals surface area contributed by atoms with E-state index in [9.17, 15) is 4.79 Å². The first-order valence-corrected chi connectivity index (χ1v) is 5.66. The van der Waals surface area contributed by atoms with Gasteiger partial charge in [0.2, 0.25) is 0 Å². The second kappa shape index (κ2) is 8.53. The minimum Gasteiger partial charge on any atom is -0.383 e. The number of hydrogen-bond donors (Lipinski definition) is 2. The molecule has 0 radical (unpaired) electrons. The largest absolute Gasteiger partial charge is 0.383 e. The van der Waals surface area contributed by atoms with Gasteiger partial charge in [0.15, 0.2) is 0 Å². The van der Waals surface area contributed by atoms with Gasteiger partial charge in [-0.3, -0.25) is 0 Å². The van der Waals surface area contributed by atoms with Gasteiger partial charge in [0.25, 0.3) is 0 Å². The number of amides is 2. The summed E-state index contributed by atoms with van der Waals surface area (Å²) in [6.45, 7) is 6.59. The number of unbranched alkanes of at least 4 members (excludes halogenated alkanes) is 1. The van der Waals surface area contributed by atoms with E-state index in [0.717, 1.165) is 19.3 Å². The highest BCUT2D eigenvalue weighted by atomic mass is 16.5. The molecule has 0 aliphatic rings. The second-order valence-electron chi connectivity index (χ2n) is 4.07. The van der Waals surface area contributed by atoms with Gasteiger partial charge >= 0.3 is 6.03 Å². The van der Waals surface area contributed by atoms with Crippen LogP contribution in [0.25, 0.3) is 0 Å². The highest BCUT2D eigenvalue weighted by Crippen LogP contribution is 2.00. The first kappa shape index (κ1) is 14.2. The lowest BCUT2D eigenvalue weighted by atomic mass is 10.1. The van der Waals surface area contributed by atoms with Crippen LogP contribution in [-0.2, 0) is 4.74 Å². The zero-order chi connectivity index (χ0) is 11.7. The molecule has 0 aliphatic heterocycles. The number of carbonyl (C=O) groups excluding carboxylic acids is 1. The van der Waals surface area contributed by atoms with Gasteiger partial charge in [-0.1, -0.05) is 19.8 Å². The summed E-state index contributed by atoms with van der Waals surface area (Å²) in [5.41, 5.74) is 0. The maximum absolute atomic E-state index is 11.4. The minimum absolute atomic E-state index is 0.108. The molecule has 0 saturated carbocycles. The van der Waals surface area contributed by atoms with Crippen molar-refractivity contribution in [1.29, 1.82) is 0 Å². The van der Waals surface area contributed by atoms with Gasteiger partial charge in [-0.15, -0.1) is 0 Å². The van der Waals surface area contributed by atoms with Gasteiger partial charge in [-0.25, -0.2) is 4.79 Å². The average Bonchev–Trinajstić information content (AvgIpc) is 2.13. The lowest BCUT2D eigenvalue weighted by Crippen LogP contribution is -2.46. The van der Waals surface area contributed by atoms with Gasteiger partial charge in [0, 0.05) is 13.2 Å². The number of urea groups is 1. The number of rotatable bonds is 7. The molecular formula is C11H24N2O2. The molecule has 0 heterocycles. The summed E-state index contributed by atoms with van der Waals surface area (Å²) in [4.78, 5) is 11.4. The Bertz CT molecular complexity index is 172. The molecule has 4 nitrogen and oxygen atoms in total. The molecule has 0 aromatic rings. The highest BCUT2D eigenvalue weighted by Gasteiger charge is 2.11. The van der Waals surface area contributed by atoms with Gasteiger partial charge in [0.05, 0.1) is 12.6 Å². The van der Waals surface area contributed by atoms with Crippen molar-refractivity contribution in [3.05, 3.63) is 0 Å². The van der Waals surface area contributed by atoms with Crippen LogP contribution in [0.3, 0.4) is 0 Å². The van der Waals surface area contributed by atoms with E-state index in [2.05, 4.69) is 17.6 Å². The zero-order valence-corrected chi connectivity index (χ0v) is 10.3. The molecule has 0 rings (SSSR count). The fourth-order valence-corrected chi connectivity index (χ4v) is 1.34. The Morgan fingerprint density at radius 2 is 2.00 bits per heavy atom. The van der Waals surface area contributed by atoms with E-state index in [4.69, 9.17) is 4.74 Å². The molecule has 15 heavy (non-hydrogen) atoms. The zero-order valence-electron chi connectivity index (χ0n) is 10.3. The van der Waals surface area contributed by atoms with Crippen LogP contribution in [0.2, 0.25) is 0 Å². The van der Waals surface area contributed by atoms with E-state index in [0.29, 0.717) is 6.61 Å². The Balaban J connectivity index is 3.86. The minimum atomic E-state index is -0.108. The number of hydrogen-bond acceptors (Lipinski definition) is 2. The van der Waals surface area contributed by atoms with Crippen LogP contribution in [0.1, 0.15) is 40.0 Å². The third-order valence-electron chi connectivity index (χ3n) is 2.03. The van der Waals surface area contributed by atoms with Gasteiger partial charge in [-0.2, -0.15) is 0 Å². The molecule has 0 saturated heterocycles. The van der Waals surface area contributed by atoms with Crippen molar-refractivity contribution in [2.75, 3.05) is 13.7 Å². The van der Waals surface area contributed by atoms with Crippen LogP contribution in [0, 0.1) is 0 Å². The monoisotopic (exact) mass is 216 g/mol. The summed E-state index contributed by atoms with van der Waals surface area (Å²) in [6.07, 6.45) is 3.21. The third kappa shape index (κ3) is 8.24. The Labute approximate surface area is 92.8 Å². The molecule has 2 amide bonds. The van der Waals surface area contributed by atoms with E-state index in [1.807, 2.05) is 13.8 Å². The predicted molar refractivity (Wildman–Crippen MR) is 62.0 cm³/mol. The van der Waals surface area contributed by atoms with Crippen molar-refractivity contribution in [1.82, 2.24) is 10.6 Å². The van der Waals surface area contributed by atoms with E-state index < -0.39 is 0 Å². The SMILES string of the molecule is CCCCC(COC)NC(=O)NC(C)C. The summed E-state index contributed by atoms with van der Waals surface area (Å²) in [7, 11) is 1.65. The maximum atomic E-state index is 11.4. The molecule has 0 bridgehead atoms. The van der Waals surface area contributed by atoms with Crippen LogP contribution in [-0.4, -0.2) is 31.8 Å². The van der Waals surface area contributed by atoms with E-state index in [-0.39, 0.29) is 18.1 Å². The van der Waals surface area contributed by atoms with Crippen molar-refractivity contribution in [3.63, 3.8) is 0 Å². The Hall–Kier alpha value is -0.770. The Kier molecular flexibility index (Phi) is 8.09. The molecule has 0 aromatic carbocycles. The topological polar surface area (TPSA) is 50.4 Å². The number of nitrogens with one attached hydrogen (secondary N) is 2. The molecule has 1 atom stereocenters. The molecule has 0 aromatic heterocycles. The van der Waals surface area contributed by atoms with Crippen LogP contribution in [0.5, 0.6) is 0 Å². The highest BCUT2D eigenvalue weighted by molar-refractivity contribution is 5.74. The molecule has 0 spiro atoms. The first-order valence-electron chi connectivity index (χ1n) is 5.66. The number of methoxy groups -OCH3 is 1. The lowest BCUT2D eigenvalue weighted by molar-refractivity contribution is 0.160. The number of carbonyl (C=O) groups is 1. The molecule has 1 unspecified atom stereocenters. The molecular weight excluding hydrogens is 192 g/mol. The second-order valence-corrected chi connectivity index (χ2v) is 4.07. The summed E-state index contributed by atoms with van der Waals surface area (Å²) < 4.78 is 5.06. The Morgan fingerprint density at radius 3 is 2.47 bits per heavy atom. The van der Waals surface area contributed by atoms with Gasteiger partial charge in [0.1, 0.15) is 0 Å². The average molecular weight is 216 g/mol. The molecule has 2 N–H and O–H groups in total. The summed E-state index contributed by atoms with van der Waals surface area (Å²) >= 11 is 0. The van der Waals surface area contributed by atoms with Crippen molar-refractivity contribution in [2.45, 2.75) is 52.1 Å². The fraction of sp³-hybridized carbons (Fsp3) is 0.909. The molecule has 4 heteroatoms. The van der Waals surface area contributed by atoms with Crippen molar-refractivity contribution < 1.29 is 9.53 Å². The van der Waals surface area contributed by atoms with E-state index in [1.165, 1.54) is 0 Å². The fourth-order valence-electron chi connectivity index (χ4n) is 1.34. The van der Waals surface area contributed by atoms with E-state index >= 15 is 0 Å².